The third-order valence-electron chi connectivity index (χ3n) is 8.63. The summed E-state index contributed by atoms with van der Waals surface area (Å²) in [4.78, 5) is 0. The quantitative estimate of drug-likeness (QED) is 0.430. The summed E-state index contributed by atoms with van der Waals surface area (Å²) < 4.78 is 0. The average Bonchev–Trinajstić information content (AvgIpc) is 2.99. The van der Waals surface area contributed by atoms with Crippen LogP contribution in [0, 0.1) is 35.0 Å². The Morgan fingerprint density at radius 1 is 1.07 bits per heavy atom. The van der Waals surface area contributed by atoms with Gasteiger partial charge in [0.15, 0.2) is 0 Å². The highest BCUT2D eigenvalue weighted by atomic mass is 14.5. The number of rotatable bonds is 6. The van der Waals surface area contributed by atoms with Gasteiger partial charge in [-0.3, -0.25) is 0 Å². The number of fused-ring (bicyclic) bond motifs is 1. The molecule has 3 rings (SSSR count). The van der Waals surface area contributed by atoms with Crippen LogP contribution in [0.5, 0.6) is 0 Å². The van der Waals surface area contributed by atoms with E-state index in [0.717, 1.165) is 29.6 Å². The fourth-order valence-electron chi connectivity index (χ4n) is 6.86. The van der Waals surface area contributed by atoms with E-state index in [1.165, 1.54) is 81.8 Å². The van der Waals surface area contributed by atoms with E-state index in [1.54, 1.807) is 5.57 Å². The van der Waals surface area contributed by atoms with Crippen LogP contribution in [0.2, 0.25) is 0 Å². The largest absolute Gasteiger partial charge is 0.0956 e. The molecular weight excluding hydrogens is 336 g/mol. The summed E-state index contributed by atoms with van der Waals surface area (Å²) in [5, 5.41) is 0. The van der Waals surface area contributed by atoms with E-state index in [2.05, 4.69) is 53.3 Å². The standard InChI is InChI=1S/C28H46/c1-20(2)9-7-10-23(5)26-16-17-27-24(11-8-18-28(26,27)6)14-15-25-19-21(3)12-13-22(25)4/h14-15,20-21,23,26-27H,4,7-13,16-19H2,1-3,5-6H3/b24-14+,25-15-/t21-,23+,26+,27-,28+/m0/s1. The molecule has 0 spiro atoms. The molecule has 3 aliphatic rings. The van der Waals surface area contributed by atoms with E-state index in [4.69, 9.17) is 0 Å². The molecule has 0 aromatic heterocycles. The smallest absolute Gasteiger partial charge is 0.0143 e. The van der Waals surface area contributed by atoms with Crippen molar-refractivity contribution in [3.05, 3.63) is 35.5 Å². The topological polar surface area (TPSA) is 0 Å². The first kappa shape index (κ1) is 21.9. The molecule has 0 amide bonds. The Labute approximate surface area is 176 Å². The summed E-state index contributed by atoms with van der Waals surface area (Å²) in [5.74, 6) is 4.35. The van der Waals surface area contributed by atoms with Gasteiger partial charge < -0.3 is 0 Å². The molecule has 0 aromatic carbocycles. The normalized spacial score (nSPS) is 37.6. The highest BCUT2D eigenvalue weighted by molar-refractivity contribution is 5.36. The van der Waals surface area contributed by atoms with Gasteiger partial charge in [-0.2, -0.15) is 0 Å². The first-order chi connectivity index (χ1) is 13.3. The molecular formula is C28H46. The van der Waals surface area contributed by atoms with Crippen molar-refractivity contribution in [3.8, 4) is 0 Å². The van der Waals surface area contributed by atoms with Crippen molar-refractivity contribution in [1.29, 1.82) is 0 Å². The lowest BCUT2D eigenvalue weighted by atomic mass is 9.60. The Morgan fingerprint density at radius 2 is 1.86 bits per heavy atom. The van der Waals surface area contributed by atoms with E-state index >= 15 is 0 Å². The Kier molecular flexibility index (Phi) is 7.32. The molecule has 0 aromatic rings. The Bertz CT molecular complexity index is 604. The molecule has 0 aliphatic heterocycles. The zero-order chi connectivity index (χ0) is 20.3. The van der Waals surface area contributed by atoms with E-state index in [0.29, 0.717) is 5.41 Å². The SMILES string of the molecule is C=C1CC[C@H](C)C/C1=C/C=C1\CCC[C@]2(C)[C@@H]([C@H](C)CCCC(C)C)CC[C@@H]12. The minimum absolute atomic E-state index is 0.552. The van der Waals surface area contributed by atoms with Crippen molar-refractivity contribution in [2.24, 2.45) is 35.0 Å². The summed E-state index contributed by atoms with van der Waals surface area (Å²) in [6, 6.07) is 0. The van der Waals surface area contributed by atoms with Crippen LogP contribution in [0.3, 0.4) is 0 Å². The van der Waals surface area contributed by atoms with Crippen LogP contribution in [-0.2, 0) is 0 Å². The molecule has 3 aliphatic carbocycles. The maximum atomic E-state index is 4.35. The summed E-state index contributed by atoms with van der Waals surface area (Å²) in [7, 11) is 0. The predicted molar refractivity (Wildman–Crippen MR) is 124 cm³/mol. The average molecular weight is 383 g/mol. The van der Waals surface area contributed by atoms with Crippen LogP contribution in [0.25, 0.3) is 0 Å². The molecule has 0 bridgehead atoms. The first-order valence-corrected chi connectivity index (χ1v) is 12.4. The number of hydrogen-bond donors (Lipinski definition) is 0. The monoisotopic (exact) mass is 382 g/mol. The van der Waals surface area contributed by atoms with E-state index in [-0.39, 0.29) is 0 Å². The fourth-order valence-corrected chi connectivity index (χ4v) is 6.86. The molecule has 3 saturated carbocycles. The Morgan fingerprint density at radius 3 is 2.61 bits per heavy atom. The first-order valence-electron chi connectivity index (χ1n) is 12.4. The molecule has 3 fully saturated rings. The lowest BCUT2D eigenvalue weighted by Gasteiger charge is -2.44. The Balaban J connectivity index is 1.70. The minimum Gasteiger partial charge on any atom is -0.0956 e. The van der Waals surface area contributed by atoms with Crippen LogP contribution in [0.4, 0.5) is 0 Å². The molecule has 28 heavy (non-hydrogen) atoms. The van der Waals surface area contributed by atoms with Gasteiger partial charge in [0.25, 0.3) is 0 Å². The summed E-state index contributed by atoms with van der Waals surface area (Å²) >= 11 is 0. The molecule has 0 unspecified atom stereocenters. The van der Waals surface area contributed by atoms with Crippen molar-refractivity contribution in [3.63, 3.8) is 0 Å². The van der Waals surface area contributed by atoms with E-state index in [1.807, 2.05) is 0 Å². The third kappa shape index (κ3) is 4.85. The maximum Gasteiger partial charge on any atom is -0.0143 e. The van der Waals surface area contributed by atoms with E-state index < -0.39 is 0 Å². The van der Waals surface area contributed by atoms with Crippen LogP contribution in [0.1, 0.15) is 105 Å². The maximum absolute atomic E-state index is 4.35. The van der Waals surface area contributed by atoms with Gasteiger partial charge in [0.2, 0.25) is 0 Å². The van der Waals surface area contributed by atoms with Gasteiger partial charge in [-0.25, -0.2) is 0 Å². The second-order valence-electron chi connectivity index (χ2n) is 11.3. The van der Waals surface area contributed by atoms with Crippen molar-refractivity contribution < 1.29 is 0 Å². The molecule has 5 atom stereocenters. The molecule has 0 N–H and O–H groups in total. The van der Waals surface area contributed by atoms with Crippen LogP contribution in [-0.4, -0.2) is 0 Å². The molecule has 158 valence electrons. The highest BCUT2D eigenvalue weighted by Gasteiger charge is 2.50. The summed E-state index contributed by atoms with van der Waals surface area (Å²) in [6.07, 6.45) is 20.1. The lowest BCUT2D eigenvalue weighted by Crippen LogP contribution is -2.36. The van der Waals surface area contributed by atoms with Crippen molar-refractivity contribution in [2.45, 2.75) is 105 Å². The molecule has 0 heteroatoms. The van der Waals surface area contributed by atoms with Gasteiger partial charge in [-0.05, 0) is 91.9 Å². The van der Waals surface area contributed by atoms with Crippen molar-refractivity contribution in [1.82, 2.24) is 0 Å². The predicted octanol–water partition coefficient (Wildman–Crippen LogP) is 8.89. The molecule has 0 radical (unpaired) electrons. The van der Waals surface area contributed by atoms with Gasteiger partial charge in [0.1, 0.15) is 0 Å². The molecule has 0 saturated heterocycles. The molecule has 0 heterocycles. The molecule has 0 nitrogen and oxygen atoms in total. The van der Waals surface area contributed by atoms with E-state index in [9.17, 15) is 0 Å². The lowest BCUT2D eigenvalue weighted by molar-refractivity contribution is 0.0929. The number of allylic oxidation sites excluding steroid dienone is 5. The zero-order valence-corrected chi connectivity index (χ0v) is 19.5. The second-order valence-corrected chi connectivity index (χ2v) is 11.3. The Hall–Kier alpha value is -0.780. The van der Waals surface area contributed by atoms with Crippen LogP contribution < -0.4 is 0 Å². The van der Waals surface area contributed by atoms with Gasteiger partial charge >= 0.3 is 0 Å². The minimum atomic E-state index is 0.552. The number of hydrogen-bond acceptors (Lipinski definition) is 0. The zero-order valence-electron chi connectivity index (χ0n) is 19.5. The van der Waals surface area contributed by atoms with Crippen LogP contribution in [0.15, 0.2) is 35.5 Å². The van der Waals surface area contributed by atoms with Crippen molar-refractivity contribution in [2.75, 3.05) is 0 Å². The van der Waals surface area contributed by atoms with Crippen LogP contribution >= 0.6 is 0 Å². The van der Waals surface area contributed by atoms with Gasteiger partial charge in [-0.15, -0.1) is 0 Å². The highest BCUT2D eigenvalue weighted by Crippen LogP contribution is 2.60. The van der Waals surface area contributed by atoms with Crippen molar-refractivity contribution >= 4 is 0 Å². The van der Waals surface area contributed by atoms with Gasteiger partial charge in [0, 0.05) is 0 Å². The van der Waals surface area contributed by atoms with Gasteiger partial charge in [0.05, 0.1) is 0 Å². The summed E-state index contributed by atoms with van der Waals surface area (Å²) in [5.41, 5.74) is 5.26. The fraction of sp³-hybridized carbons (Fsp3) is 0.786. The second kappa shape index (κ2) is 9.36. The van der Waals surface area contributed by atoms with Gasteiger partial charge in [-0.1, -0.05) is 83.8 Å². The third-order valence-corrected chi connectivity index (χ3v) is 8.63. The summed E-state index contributed by atoms with van der Waals surface area (Å²) in [6.45, 7) is 16.7.